The maximum Gasteiger partial charge on any atom is 0.190 e. The van der Waals surface area contributed by atoms with Gasteiger partial charge in [0.1, 0.15) is 24.4 Å². The van der Waals surface area contributed by atoms with Gasteiger partial charge in [0, 0.05) is 0 Å². The van der Waals surface area contributed by atoms with Crippen molar-refractivity contribution >= 4 is 6.08 Å². The SMILES string of the molecule is C=Cc1ccccc1CO[C@@H]1[C@H]2OC(C)(C)O[C@H]2O[C@@H]1[C@H]1COC(C)(C)O1. The fourth-order valence-electron chi connectivity index (χ4n) is 3.92. The molecule has 0 amide bonds. The molecule has 3 fully saturated rings. The molecule has 1 aromatic rings. The number of fused-ring (bicyclic) bond motifs is 1. The molecule has 0 unspecified atom stereocenters. The van der Waals surface area contributed by atoms with Crippen LogP contribution in [0.1, 0.15) is 38.8 Å². The standard InChI is InChI=1S/C21H28O6/c1-6-13-9-7-8-10-14(13)11-22-17-16(15-12-23-20(2,3)25-15)24-19-18(17)26-21(4,5)27-19/h6-10,15-19H,1,11-12H2,2-5H3/t15-,16-,17+,18-,19-/m1/s1. The van der Waals surface area contributed by atoms with Crippen LogP contribution in [0.25, 0.3) is 6.08 Å². The Kier molecular flexibility index (Phi) is 4.91. The summed E-state index contributed by atoms with van der Waals surface area (Å²) in [6.45, 7) is 12.3. The first kappa shape index (κ1) is 19.1. The van der Waals surface area contributed by atoms with Crippen molar-refractivity contribution in [1.82, 2.24) is 0 Å². The van der Waals surface area contributed by atoms with E-state index in [0.29, 0.717) is 13.2 Å². The van der Waals surface area contributed by atoms with Crippen LogP contribution < -0.4 is 0 Å². The topological polar surface area (TPSA) is 55.4 Å². The summed E-state index contributed by atoms with van der Waals surface area (Å²) in [6.07, 6.45) is 0.162. The first-order chi connectivity index (χ1) is 12.8. The van der Waals surface area contributed by atoms with Gasteiger partial charge in [-0.3, -0.25) is 0 Å². The van der Waals surface area contributed by atoms with Crippen LogP contribution in [-0.2, 0) is 35.0 Å². The predicted molar refractivity (Wildman–Crippen MR) is 98.7 cm³/mol. The van der Waals surface area contributed by atoms with Gasteiger partial charge in [0.2, 0.25) is 0 Å². The van der Waals surface area contributed by atoms with Crippen molar-refractivity contribution in [3.05, 3.63) is 42.0 Å². The molecule has 0 bridgehead atoms. The molecule has 3 heterocycles. The molecule has 1 aromatic carbocycles. The maximum atomic E-state index is 6.32. The highest BCUT2D eigenvalue weighted by molar-refractivity contribution is 5.51. The molecule has 3 saturated heterocycles. The molecule has 0 aromatic heterocycles. The second kappa shape index (κ2) is 6.95. The average Bonchev–Trinajstić information content (AvgIpc) is 3.22. The van der Waals surface area contributed by atoms with Crippen molar-refractivity contribution in [3.8, 4) is 0 Å². The first-order valence-corrected chi connectivity index (χ1v) is 9.43. The van der Waals surface area contributed by atoms with Gasteiger partial charge in [0.05, 0.1) is 13.2 Å². The van der Waals surface area contributed by atoms with E-state index in [4.69, 9.17) is 28.4 Å². The molecule has 0 saturated carbocycles. The minimum Gasteiger partial charge on any atom is -0.368 e. The molecular weight excluding hydrogens is 348 g/mol. The Bertz CT molecular complexity index is 700. The van der Waals surface area contributed by atoms with Gasteiger partial charge < -0.3 is 28.4 Å². The van der Waals surface area contributed by atoms with Crippen molar-refractivity contribution in [2.45, 2.75) is 76.6 Å². The highest BCUT2D eigenvalue weighted by Crippen LogP contribution is 2.42. The van der Waals surface area contributed by atoms with Crippen LogP contribution in [0.15, 0.2) is 30.8 Å². The van der Waals surface area contributed by atoms with Gasteiger partial charge in [-0.15, -0.1) is 0 Å². The van der Waals surface area contributed by atoms with E-state index in [0.717, 1.165) is 11.1 Å². The summed E-state index contributed by atoms with van der Waals surface area (Å²) in [4.78, 5) is 0. The van der Waals surface area contributed by atoms with Crippen LogP contribution in [-0.4, -0.2) is 48.9 Å². The molecule has 6 nitrogen and oxygen atoms in total. The summed E-state index contributed by atoms with van der Waals surface area (Å²) in [5.41, 5.74) is 2.12. The van der Waals surface area contributed by atoms with Crippen molar-refractivity contribution in [1.29, 1.82) is 0 Å². The molecule has 5 atom stereocenters. The molecule has 4 rings (SSSR count). The number of hydrogen-bond donors (Lipinski definition) is 0. The first-order valence-electron chi connectivity index (χ1n) is 9.43. The molecule has 27 heavy (non-hydrogen) atoms. The van der Waals surface area contributed by atoms with Gasteiger partial charge in [-0.05, 0) is 38.8 Å². The summed E-state index contributed by atoms with van der Waals surface area (Å²) >= 11 is 0. The highest BCUT2D eigenvalue weighted by atomic mass is 16.8. The van der Waals surface area contributed by atoms with E-state index in [9.17, 15) is 0 Å². The summed E-state index contributed by atoms with van der Waals surface area (Å²) in [6, 6.07) is 8.03. The van der Waals surface area contributed by atoms with Crippen molar-refractivity contribution < 1.29 is 28.4 Å². The summed E-state index contributed by atoms with van der Waals surface area (Å²) in [7, 11) is 0. The lowest BCUT2D eigenvalue weighted by atomic mass is 10.0. The Morgan fingerprint density at radius 3 is 2.56 bits per heavy atom. The molecule has 148 valence electrons. The normalized spacial score (nSPS) is 36.7. The second-order valence-electron chi connectivity index (χ2n) is 8.11. The monoisotopic (exact) mass is 376 g/mol. The predicted octanol–water partition coefficient (Wildman–Crippen LogP) is 3.24. The van der Waals surface area contributed by atoms with Gasteiger partial charge in [-0.1, -0.05) is 36.9 Å². The van der Waals surface area contributed by atoms with Crippen LogP contribution in [0.2, 0.25) is 0 Å². The fourth-order valence-corrected chi connectivity index (χ4v) is 3.92. The number of hydrogen-bond acceptors (Lipinski definition) is 6. The Hall–Kier alpha value is -1.28. The van der Waals surface area contributed by atoms with E-state index in [1.807, 2.05) is 58.0 Å². The second-order valence-corrected chi connectivity index (χ2v) is 8.11. The van der Waals surface area contributed by atoms with Crippen LogP contribution in [0.3, 0.4) is 0 Å². The van der Waals surface area contributed by atoms with E-state index in [-0.39, 0.29) is 24.4 Å². The van der Waals surface area contributed by atoms with Crippen LogP contribution >= 0.6 is 0 Å². The molecule has 6 heteroatoms. The smallest absolute Gasteiger partial charge is 0.190 e. The summed E-state index contributed by atoms with van der Waals surface area (Å²) in [5.74, 6) is -1.33. The van der Waals surface area contributed by atoms with E-state index < -0.39 is 17.9 Å². The maximum absolute atomic E-state index is 6.32. The zero-order valence-electron chi connectivity index (χ0n) is 16.3. The van der Waals surface area contributed by atoms with Crippen molar-refractivity contribution in [2.24, 2.45) is 0 Å². The Morgan fingerprint density at radius 2 is 1.85 bits per heavy atom. The quantitative estimate of drug-likeness (QED) is 0.786. The van der Waals surface area contributed by atoms with Gasteiger partial charge in [0.25, 0.3) is 0 Å². The van der Waals surface area contributed by atoms with Crippen LogP contribution in [0, 0.1) is 0 Å². The zero-order valence-corrected chi connectivity index (χ0v) is 16.3. The van der Waals surface area contributed by atoms with Crippen LogP contribution in [0.5, 0.6) is 0 Å². The highest BCUT2D eigenvalue weighted by Gasteiger charge is 2.58. The van der Waals surface area contributed by atoms with Gasteiger partial charge in [-0.2, -0.15) is 0 Å². The third kappa shape index (κ3) is 3.83. The summed E-state index contributed by atoms with van der Waals surface area (Å²) < 4.78 is 36.2. The summed E-state index contributed by atoms with van der Waals surface area (Å²) in [5, 5.41) is 0. The van der Waals surface area contributed by atoms with Gasteiger partial charge in [-0.25, -0.2) is 0 Å². The number of ether oxygens (including phenoxy) is 6. The lowest BCUT2D eigenvalue weighted by Crippen LogP contribution is -2.44. The molecule has 0 spiro atoms. The van der Waals surface area contributed by atoms with Gasteiger partial charge >= 0.3 is 0 Å². The number of rotatable bonds is 5. The van der Waals surface area contributed by atoms with Crippen molar-refractivity contribution in [3.63, 3.8) is 0 Å². The largest absolute Gasteiger partial charge is 0.368 e. The molecule has 0 radical (unpaired) electrons. The third-order valence-corrected chi connectivity index (χ3v) is 5.13. The zero-order chi connectivity index (χ0) is 19.2. The molecular formula is C21H28O6. The van der Waals surface area contributed by atoms with E-state index in [1.165, 1.54) is 0 Å². The molecule has 3 aliphatic heterocycles. The van der Waals surface area contributed by atoms with Crippen molar-refractivity contribution in [2.75, 3.05) is 6.61 Å². The molecule has 0 aliphatic carbocycles. The minimum atomic E-state index is -0.701. The average molecular weight is 376 g/mol. The fraction of sp³-hybridized carbons (Fsp3) is 0.619. The van der Waals surface area contributed by atoms with Crippen LogP contribution in [0.4, 0.5) is 0 Å². The van der Waals surface area contributed by atoms with E-state index in [1.54, 1.807) is 0 Å². The Morgan fingerprint density at radius 1 is 1.07 bits per heavy atom. The molecule has 0 N–H and O–H groups in total. The Labute approximate surface area is 160 Å². The molecule has 3 aliphatic rings. The van der Waals surface area contributed by atoms with E-state index in [2.05, 4.69) is 6.58 Å². The lowest BCUT2D eigenvalue weighted by Gasteiger charge is -2.29. The Balaban J connectivity index is 1.52. The van der Waals surface area contributed by atoms with E-state index >= 15 is 0 Å². The lowest BCUT2D eigenvalue weighted by molar-refractivity contribution is -0.236. The minimum absolute atomic E-state index is 0.236. The van der Waals surface area contributed by atoms with Gasteiger partial charge in [0.15, 0.2) is 17.9 Å². The number of benzene rings is 1. The third-order valence-electron chi connectivity index (χ3n) is 5.13.